The van der Waals surface area contributed by atoms with Gasteiger partial charge in [0.15, 0.2) is 0 Å². The number of pyridine rings is 1. The fourth-order valence-electron chi connectivity index (χ4n) is 3.63. The van der Waals surface area contributed by atoms with E-state index >= 15 is 0 Å². The predicted molar refractivity (Wildman–Crippen MR) is 108 cm³/mol. The number of aliphatic hydroxyl groups is 1. The molecule has 0 atom stereocenters. The Kier molecular flexibility index (Phi) is 6.37. The lowest BCUT2D eigenvalue weighted by Crippen LogP contribution is -2.25. The summed E-state index contributed by atoms with van der Waals surface area (Å²) in [5, 5.41) is 12.2. The highest BCUT2D eigenvalue weighted by Gasteiger charge is 2.18. The van der Waals surface area contributed by atoms with Crippen LogP contribution in [-0.4, -0.2) is 46.6 Å². The van der Waals surface area contributed by atoms with Gasteiger partial charge in [-0.05, 0) is 36.6 Å². The Labute approximate surface area is 173 Å². The molecule has 3 aromatic rings. The van der Waals surface area contributed by atoms with E-state index in [0.717, 1.165) is 34.9 Å². The molecular weight excluding hydrogens is 389 g/mol. The summed E-state index contributed by atoms with van der Waals surface area (Å²) in [7, 11) is 0. The van der Waals surface area contributed by atoms with Crippen LogP contribution in [0.2, 0.25) is 0 Å². The minimum absolute atomic E-state index is 0.147. The molecular formula is C22H24FN3O4. The number of benzene rings is 1. The second-order valence-electron chi connectivity index (χ2n) is 7.28. The van der Waals surface area contributed by atoms with Crippen LogP contribution < -0.4 is 5.32 Å². The number of halogens is 1. The molecule has 1 aliphatic heterocycles. The van der Waals surface area contributed by atoms with Crippen molar-refractivity contribution in [1.29, 1.82) is 0 Å². The van der Waals surface area contributed by atoms with Crippen LogP contribution in [0.4, 0.5) is 4.39 Å². The third kappa shape index (κ3) is 4.67. The third-order valence-corrected chi connectivity index (χ3v) is 5.23. The number of ether oxygens (including phenoxy) is 2. The van der Waals surface area contributed by atoms with Crippen molar-refractivity contribution in [1.82, 2.24) is 14.9 Å². The SMILES string of the molecule is O=C(NCO)c1cc2c(COC3CCOCC3)cn(Cc3ccc(F)cc3)c2cn1. The lowest BCUT2D eigenvalue weighted by Gasteiger charge is -2.22. The molecule has 2 N–H and O–H groups in total. The summed E-state index contributed by atoms with van der Waals surface area (Å²) in [6.45, 7) is 1.89. The van der Waals surface area contributed by atoms with Crippen LogP contribution in [-0.2, 0) is 22.6 Å². The van der Waals surface area contributed by atoms with Crippen LogP contribution in [0.1, 0.15) is 34.5 Å². The topological polar surface area (TPSA) is 85.6 Å². The maximum absolute atomic E-state index is 13.2. The van der Waals surface area contributed by atoms with Gasteiger partial charge in [0.05, 0.1) is 24.4 Å². The van der Waals surface area contributed by atoms with Gasteiger partial charge in [-0.15, -0.1) is 0 Å². The molecule has 30 heavy (non-hydrogen) atoms. The number of carbonyl (C=O) groups is 1. The second kappa shape index (κ2) is 9.34. The quantitative estimate of drug-likeness (QED) is 0.582. The summed E-state index contributed by atoms with van der Waals surface area (Å²) in [6.07, 6.45) is 5.50. The van der Waals surface area contributed by atoms with Gasteiger partial charge in [0.2, 0.25) is 0 Å². The lowest BCUT2D eigenvalue weighted by molar-refractivity contribution is -0.0387. The van der Waals surface area contributed by atoms with Gasteiger partial charge in [-0.2, -0.15) is 0 Å². The van der Waals surface area contributed by atoms with E-state index in [2.05, 4.69) is 10.3 Å². The molecule has 158 valence electrons. The van der Waals surface area contributed by atoms with Gasteiger partial charge < -0.3 is 24.5 Å². The van der Waals surface area contributed by atoms with Crippen LogP contribution in [0.25, 0.3) is 10.9 Å². The smallest absolute Gasteiger partial charge is 0.271 e. The molecule has 1 saturated heterocycles. The molecule has 1 fully saturated rings. The molecule has 0 spiro atoms. The van der Waals surface area contributed by atoms with Crippen LogP contribution in [0.3, 0.4) is 0 Å². The first kappa shape index (κ1) is 20.5. The second-order valence-corrected chi connectivity index (χ2v) is 7.28. The first-order chi connectivity index (χ1) is 14.6. The summed E-state index contributed by atoms with van der Waals surface area (Å²) >= 11 is 0. The number of hydrogen-bond donors (Lipinski definition) is 2. The van der Waals surface area contributed by atoms with Gasteiger partial charge >= 0.3 is 0 Å². The minimum Gasteiger partial charge on any atom is -0.381 e. The van der Waals surface area contributed by atoms with Gasteiger partial charge in [0.1, 0.15) is 18.2 Å². The Morgan fingerprint density at radius 3 is 2.80 bits per heavy atom. The highest BCUT2D eigenvalue weighted by molar-refractivity contribution is 5.96. The van der Waals surface area contributed by atoms with Crippen molar-refractivity contribution in [3.05, 3.63) is 65.4 Å². The lowest BCUT2D eigenvalue weighted by atomic mass is 10.1. The van der Waals surface area contributed by atoms with Gasteiger partial charge in [-0.1, -0.05) is 12.1 Å². The Hall–Kier alpha value is -2.81. The van der Waals surface area contributed by atoms with Crippen molar-refractivity contribution >= 4 is 16.8 Å². The molecule has 4 rings (SSSR count). The number of amides is 1. The summed E-state index contributed by atoms with van der Waals surface area (Å²) in [5.74, 6) is -0.718. The molecule has 0 bridgehead atoms. The van der Waals surface area contributed by atoms with Gasteiger partial charge in [0.25, 0.3) is 5.91 Å². The Morgan fingerprint density at radius 2 is 2.07 bits per heavy atom. The largest absolute Gasteiger partial charge is 0.381 e. The molecule has 1 aromatic carbocycles. The first-order valence-electron chi connectivity index (χ1n) is 9.94. The normalized spacial score (nSPS) is 14.9. The summed E-state index contributed by atoms with van der Waals surface area (Å²) in [6, 6.07) is 8.08. The number of hydrogen-bond acceptors (Lipinski definition) is 5. The average Bonchev–Trinajstić information content (AvgIpc) is 3.11. The zero-order chi connectivity index (χ0) is 20.9. The van der Waals surface area contributed by atoms with E-state index in [0.29, 0.717) is 26.4 Å². The predicted octanol–water partition coefficient (Wildman–Crippen LogP) is 2.60. The molecule has 7 nitrogen and oxygen atoms in total. The van der Waals surface area contributed by atoms with E-state index in [1.807, 2.05) is 10.8 Å². The molecule has 1 aliphatic rings. The average molecular weight is 413 g/mol. The van der Waals surface area contributed by atoms with Gasteiger partial charge in [-0.25, -0.2) is 9.37 Å². The highest BCUT2D eigenvalue weighted by Crippen LogP contribution is 2.25. The number of rotatable bonds is 7. The van der Waals surface area contributed by atoms with E-state index in [1.165, 1.54) is 12.1 Å². The number of aromatic nitrogens is 2. The molecule has 3 heterocycles. The van der Waals surface area contributed by atoms with E-state index in [1.54, 1.807) is 24.4 Å². The van der Waals surface area contributed by atoms with Crippen molar-refractivity contribution in [2.45, 2.75) is 32.1 Å². The highest BCUT2D eigenvalue weighted by atomic mass is 19.1. The summed E-state index contributed by atoms with van der Waals surface area (Å²) in [5.41, 5.74) is 2.97. The van der Waals surface area contributed by atoms with Crippen LogP contribution in [0.15, 0.2) is 42.7 Å². The van der Waals surface area contributed by atoms with Crippen LogP contribution >= 0.6 is 0 Å². The van der Waals surface area contributed by atoms with E-state index in [-0.39, 0.29) is 17.6 Å². The molecule has 1 amide bonds. The molecule has 2 aromatic heterocycles. The van der Waals surface area contributed by atoms with E-state index < -0.39 is 12.6 Å². The fourth-order valence-corrected chi connectivity index (χ4v) is 3.63. The van der Waals surface area contributed by atoms with Gasteiger partial charge in [0, 0.05) is 36.9 Å². The monoisotopic (exact) mass is 413 g/mol. The minimum atomic E-state index is -0.455. The summed E-state index contributed by atoms with van der Waals surface area (Å²) < 4.78 is 26.7. The van der Waals surface area contributed by atoms with Crippen LogP contribution in [0, 0.1) is 5.82 Å². The molecule has 0 aliphatic carbocycles. The van der Waals surface area contributed by atoms with Gasteiger partial charge in [-0.3, -0.25) is 4.79 Å². The van der Waals surface area contributed by atoms with E-state index in [4.69, 9.17) is 14.6 Å². The molecule has 0 saturated carbocycles. The maximum atomic E-state index is 13.2. The number of fused-ring (bicyclic) bond motifs is 1. The van der Waals surface area contributed by atoms with Crippen molar-refractivity contribution in [3.63, 3.8) is 0 Å². The third-order valence-electron chi connectivity index (χ3n) is 5.23. The molecule has 0 radical (unpaired) electrons. The number of nitrogens with one attached hydrogen (secondary N) is 1. The molecule has 0 unspecified atom stereocenters. The van der Waals surface area contributed by atoms with Crippen LogP contribution in [0.5, 0.6) is 0 Å². The van der Waals surface area contributed by atoms with Crippen molar-refractivity contribution in [2.24, 2.45) is 0 Å². The Morgan fingerprint density at radius 1 is 1.30 bits per heavy atom. The molecule has 8 heteroatoms. The standard InChI is InChI=1S/C22H24FN3O4/c23-17-3-1-15(2-4-17)11-26-12-16(13-30-18-5-7-29-8-6-18)19-9-20(22(28)25-14-27)24-10-21(19)26/h1-4,9-10,12,18,27H,5-8,11,13-14H2,(H,25,28). The van der Waals surface area contributed by atoms with Crippen molar-refractivity contribution < 1.29 is 23.8 Å². The zero-order valence-corrected chi connectivity index (χ0v) is 16.5. The van der Waals surface area contributed by atoms with E-state index in [9.17, 15) is 9.18 Å². The fraction of sp³-hybridized carbons (Fsp3) is 0.364. The maximum Gasteiger partial charge on any atom is 0.271 e. The number of aliphatic hydroxyl groups excluding tert-OH is 1. The van der Waals surface area contributed by atoms with Crippen molar-refractivity contribution in [3.8, 4) is 0 Å². The number of carbonyl (C=O) groups excluding carboxylic acids is 1. The van der Waals surface area contributed by atoms with Crippen molar-refractivity contribution in [2.75, 3.05) is 19.9 Å². The first-order valence-corrected chi connectivity index (χ1v) is 9.94. The Balaban J connectivity index is 1.64. The zero-order valence-electron chi connectivity index (χ0n) is 16.5. The number of nitrogens with zero attached hydrogens (tertiary/aromatic N) is 2. The summed E-state index contributed by atoms with van der Waals surface area (Å²) in [4.78, 5) is 16.4. The Bertz CT molecular complexity index is 1010.